The molecule has 2 aliphatic heterocycles. The molecule has 0 radical (unpaired) electrons. The lowest BCUT2D eigenvalue weighted by Crippen LogP contribution is -2.49. The first kappa shape index (κ1) is 12.7. The van der Waals surface area contributed by atoms with Crippen LogP contribution in [-0.4, -0.2) is 46.2 Å². The summed E-state index contributed by atoms with van der Waals surface area (Å²) in [6.45, 7) is 2.72. The van der Waals surface area contributed by atoms with E-state index in [-0.39, 0.29) is 6.79 Å². The van der Waals surface area contributed by atoms with Gasteiger partial charge in [-0.1, -0.05) is 6.07 Å². The second-order valence-electron chi connectivity index (χ2n) is 5.49. The molecule has 110 valence electrons. The maximum atomic E-state index is 10.3. The molecule has 21 heavy (non-hydrogen) atoms. The van der Waals surface area contributed by atoms with Crippen LogP contribution in [0, 0.1) is 0 Å². The lowest BCUT2D eigenvalue weighted by Gasteiger charge is -2.40. The van der Waals surface area contributed by atoms with Gasteiger partial charge >= 0.3 is 0 Å². The van der Waals surface area contributed by atoms with Gasteiger partial charge in [0.1, 0.15) is 0 Å². The molecule has 1 atom stereocenters. The van der Waals surface area contributed by atoms with Crippen molar-refractivity contribution in [3.05, 3.63) is 42.2 Å². The summed E-state index contributed by atoms with van der Waals surface area (Å²) < 4.78 is 12.6. The Hall–Kier alpha value is -2.05. The van der Waals surface area contributed by atoms with Crippen LogP contribution in [-0.2, 0) is 0 Å². The quantitative estimate of drug-likeness (QED) is 0.915. The number of likely N-dealkylation sites (tertiary alicyclic amines) is 1. The molecule has 2 aliphatic rings. The molecule has 3 heterocycles. The summed E-state index contributed by atoms with van der Waals surface area (Å²) in [6, 6.07) is 7.96. The predicted molar refractivity (Wildman–Crippen MR) is 75.2 cm³/mol. The minimum Gasteiger partial charge on any atom is -0.454 e. The molecule has 1 saturated heterocycles. The van der Waals surface area contributed by atoms with Crippen LogP contribution in [0.5, 0.6) is 11.5 Å². The number of fused-ring (bicyclic) bond motifs is 1. The molecule has 6 nitrogen and oxygen atoms in total. The first-order chi connectivity index (χ1) is 10.3. The Morgan fingerprint density at radius 3 is 2.95 bits per heavy atom. The van der Waals surface area contributed by atoms with Gasteiger partial charge in [0.2, 0.25) is 6.79 Å². The molecule has 0 bridgehead atoms. The molecule has 2 aromatic rings. The van der Waals surface area contributed by atoms with Gasteiger partial charge in [-0.15, -0.1) is 0 Å². The molecule has 6 heteroatoms. The van der Waals surface area contributed by atoms with Crippen molar-refractivity contribution in [1.82, 2.24) is 14.7 Å². The number of aliphatic hydroxyl groups excluding tert-OH is 1. The van der Waals surface area contributed by atoms with Crippen molar-refractivity contribution >= 4 is 0 Å². The molecule has 0 aliphatic carbocycles. The van der Waals surface area contributed by atoms with Crippen molar-refractivity contribution < 1.29 is 14.6 Å². The van der Waals surface area contributed by atoms with Gasteiger partial charge in [-0.05, 0) is 23.8 Å². The molecule has 1 N–H and O–H groups in total. The van der Waals surface area contributed by atoms with Gasteiger partial charge in [0.15, 0.2) is 11.5 Å². The van der Waals surface area contributed by atoms with Crippen molar-refractivity contribution in [1.29, 1.82) is 0 Å². The van der Waals surface area contributed by atoms with Crippen molar-refractivity contribution in [3.63, 3.8) is 0 Å². The minimum absolute atomic E-state index is 0.257. The van der Waals surface area contributed by atoms with Crippen molar-refractivity contribution in [2.45, 2.75) is 12.1 Å². The number of nitrogens with zero attached hydrogens (tertiary/aromatic N) is 3. The molecule has 1 unspecified atom stereocenters. The Kier molecular flexibility index (Phi) is 3.05. The van der Waals surface area contributed by atoms with E-state index in [9.17, 15) is 5.11 Å². The number of hydrogen-bond donors (Lipinski definition) is 1. The molecular formula is C15H17N3O3. The number of rotatable bonds is 4. The van der Waals surface area contributed by atoms with Crippen LogP contribution in [0.15, 0.2) is 36.7 Å². The summed E-state index contributed by atoms with van der Waals surface area (Å²) >= 11 is 0. The number of β-amino-alcohol motifs (C(OH)–C–C–N with tert-alkyl or cyclic N) is 1. The van der Waals surface area contributed by atoms with Gasteiger partial charge in [-0.25, -0.2) is 0 Å². The molecule has 0 spiro atoms. The van der Waals surface area contributed by atoms with Crippen LogP contribution in [0.25, 0.3) is 0 Å². The second kappa shape index (κ2) is 5.05. The normalized spacial score (nSPS) is 19.5. The highest BCUT2D eigenvalue weighted by molar-refractivity contribution is 5.45. The molecule has 1 aromatic heterocycles. The van der Waals surface area contributed by atoms with Crippen LogP contribution in [0.4, 0.5) is 0 Å². The van der Waals surface area contributed by atoms with Gasteiger partial charge in [0, 0.05) is 32.0 Å². The number of hydrogen-bond acceptors (Lipinski definition) is 5. The fourth-order valence-corrected chi connectivity index (χ4v) is 2.83. The van der Waals surface area contributed by atoms with Crippen LogP contribution < -0.4 is 9.47 Å². The lowest BCUT2D eigenvalue weighted by atomic mass is 10.0. The highest BCUT2D eigenvalue weighted by atomic mass is 16.7. The van der Waals surface area contributed by atoms with E-state index >= 15 is 0 Å². The third kappa shape index (κ3) is 2.36. The highest BCUT2D eigenvalue weighted by Crippen LogP contribution is 2.34. The van der Waals surface area contributed by atoms with E-state index in [0.717, 1.165) is 24.4 Å². The molecule has 0 saturated carbocycles. The first-order valence-electron chi connectivity index (χ1n) is 7.09. The summed E-state index contributed by atoms with van der Waals surface area (Å²) in [7, 11) is 0. The van der Waals surface area contributed by atoms with Crippen molar-refractivity contribution in [3.8, 4) is 11.5 Å². The highest BCUT2D eigenvalue weighted by Gasteiger charge is 2.30. The fourth-order valence-electron chi connectivity index (χ4n) is 2.83. The van der Waals surface area contributed by atoms with E-state index in [1.807, 2.05) is 35.1 Å². The summed E-state index contributed by atoms with van der Waals surface area (Å²) in [6.07, 6.45) is 3.26. The standard InChI is InChI=1S/C15H17N3O3/c19-13(11-2-3-14-15(6-11)21-10-20-14)9-17-7-12(8-17)18-5-1-4-16-18/h1-6,12-13,19H,7-10H2. The maximum Gasteiger partial charge on any atom is 0.231 e. The lowest BCUT2D eigenvalue weighted by molar-refractivity contribution is 0.0400. The topological polar surface area (TPSA) is 59.8 Å². The number of benzene rings is 1. The van der Waals surface area contributed by atoms with Crippen LogP contribution >= 0.6 is 0 Å². The van der Waals surface area contributed by atoms with Gasteiger partial charge in [0.25, 0.3) is 0 Å². The van der Waals surface area contributed by atoms with Gasteiger partial charge in [0.05, 0.1) is 12.1 Å². The summed E-state index contributed by atoms with van der Waals surface area (Å²) in [5, 5.41) is 14.6. The van der Waals surface area contributed by atoms with E-state index in [0.29, 0.717) is 18.3 Å². The SMILES string of the molecule is OC(CN1CC(n2cccn2)C1)c1ccc2c(c1)OCO2. The van der Waals surface area contributed by atoms with Crippen molar-refractivity contribution in [2.75, 3.05) is 26.4 Å². The van der Waals surface area contributed by atoms with E-state index in [2.05, 4.69) is 10.00 Å². The van der Waals surface area contributed by atoms with Gasteiger partial charge in [-0.2, -0.15) is 5.10 Å². The largest absolute Gasteiger partial charge is 0.454 e. The van der Waals surface area contributed by atoms with E-state index < -0.39 is 6.10 Å². The summed E-state index contributed by atoms with van der Waals surface area (Å²) in [5.41, 5.74) is 0.863. The number of ether oxygens (including phenoxy) is 2. The fraction of sp³-hybridized carbons (Fsp3) is 0.400. The van der Waals surface area contributed by atoms with Crippen LogP contribution in [0.2, 0.25) is 0 Å². The smallest absolute Gasteiger partial charge is 0.231 e. The van der Waals surface area contributed by atoms with E-state index in [1.165, 1.54) is 0 Å². The molecular weight excluding hydrogens is 270 g/mol. The van der Waals surface area contributed by atoms with E-state index in [1.54, 1.807) is 6.20 Å². The average Bonchev–Trinajstić information content (AvgIpc) is 3.11. The molecule has 4 rings (SSSR count). The van der Waals surface area contributed by atoms with Gasteiger partial charge < -0.3 is 14.6 Å². The Morgan fingerprint density at radius 2 is 2.14 bits per heavy atom. The maximum absolute atomic E-state index is 10.3. The Balaban J connectivity index is 1.35. The summed E-state index contributed by atoms with van der Waals surface area (Å²) in [5.74, 6) is 1.46. The minimum atomic E-state index is -0.516. The zero-order valence-electron chi connectivity index (χ0n) is 11.6. The third-order valence-corrected chi connectivity index (χ3v) is 4.05. The zero-order chi connectivity index (χ0) is 14.2. The molecule has 1 fully saturated rings. The molecule has 0 amide bonds. The number of aromatic nitrogens is 2. The Bertz CT molecular complexity index is 623. The van der Waals surface area contributed by atoms with E-state index in [4.69, 9.17) is 9.47 Å². The first-order valence-corrected chi connectivity index (χ1v) is 7.09. The summed E-state index contributed by atoms with van der Waals surface area (Å²) in [4.78, 5) is 2.22. The van der Waals surface area contributed by atoms with Crippen LogP contribution in [0.3, 0.4) is 0 Å². The third-order valence-electron chi connectivity index (χ3n) is 4.05. The molecule has 1 aromatic carbocycles. The van der Waals surface area contributed by atoms with Crippen molar-refractivity contribution in [2.24, 2.45) is 0 Å². The monoisotopic (exact) mass is 287 g/mol. The predicted octanol–water partition coefficient (Wildman–Crippen LogP) is 1.20. The Labute approximate surface area is 122 Å². The zero-order valence-corrected chi connectivity index (χ0v) is 11.6. The second-order valence-corrected chi connectivity index (χ2v) is 5.49. The Morgan fingerprint density at radius 1 is 1.29 bits per heavy atom. The number of aliphatic hydroxyl groups is 1. The van der Waals surface area contributed by atoms with Crippen LogP contribution in [0.1, 0.15) is 17.7 Å². The average molecular weight is 287 g/mol. The van der Waals surface area contributed by atoms with Gasteiger partial charge in [-0.3, -0.25) is 9.58 Å².